The van der Waals surface area contributed by atoms with Crippen LogP contribution in [-0.2, 0) is 4.79 Å². The molecule has 0 saturated carbocycles. The highest BCUT2D eigenvalue weighted by Gasteiger charge is 2.46. The summed E-state index contributed by atoms with van der Waals surface area (Å²) in [6.45, 7) is 2.12. The van der Waals surface area contributed by atoms with Crippen molar-refractivity contribution in [1.82, 2.24) is 9.80 Å². The van der Waals surface area contributed by atoms with Crippen molar-refractivity contribution >= 4 is 35.2 Å². The van der Waals surface area contributed by atoms with Gasteiger partial charge in [0.25, 0.3) is 5.91 Å². The second kappa shape index (κ2) is 7.87. The summed E-state index contributed by atoms with van der Waals surface area (Å²) in [5, 5.41) is 0. The first-order valence-electron chi connectivity index (χ1n) is 8.53. The average molecular weight is 383 g/mol. The molecule has 25 heavy (non-hydrogen) atoms. The molecule has 3 rings (SSSR count). The number of amides is 2. The van der Waals surface area contributed by atoms with Crippen LogP contribution in [0.4, 0.5) is 0 Å². The van der Waals surface area contributed by atoms with Crippen LogP contribution in [0.2, 0.25) is 0 Å². The summed E-state index contributed by atoms with van der Waals surface area (Å²) in [7, 11) is 1.60. The largest absolute Gasteiger partial charge is 0.497 e. The molecule has 0 bridgehead atoms. The summed E-state index contributed by atoms with van der Waals surface area (Å²) in [5.74, 6) is 2.14. The van der Waals surface area contributed by atoms with Crippen molar-refractivity contribution in [2.24, 2.45) is 0 Å². The fourth-order valence-corrected chi connectivity index (χ4v) is 5.18. The van der Waals surface area contributed by atoms with Crippen molar-refractivity contribution in [2.45, 2.75) is 24.1 Å². The third kappa shape index (κ3) is 3.75. The minimum absolute atomic E-state index is 0.0458. The van der Waals surface area contributed by atoms with Crippen molar-refractivity contribution in [3.8, 4) is 5.75 Å². The molecule has 2 aliphatic rings. The predicted octanol–water partition coefficient (Wildman–Crippen LogP) is 2.83. The van der Waals surface area contributed by atoms with Gasteiger partial charge in [-0.25, -0.2) is 0 Å². The second-order valence-corrected chi connectivity index (χ2v) is 8.14. The number of thioether (sulfide) groups is 1. The van der Waals surface area contributed by atoms with Gasteiger partial charge in [0, 0.05) is 43.3 Å². The monoisotopic (exact) mass is 382 g/mol. The molecule has 136 valence electrons. The van der Waals surface area contributed by atoms with Crippen molar-refractivity contribution < 1.29 is 14.3 Å². The summed E-state index contributed by atoms with van der Waals surface area (Å²) in [6.07, 6.45) is 2.00. The van der Waals surface area contributed by atoms with Gasteiger partial charge < -0.3 is 14.5 Å². The van der Waals surface area contributed by atoms with E-state index in [0.717, 1.165) is 25.1 Å². The minimum Gasteiger partial charge on any atom is -0.497 e. The van der Waals surface area contributed by atoms with E-state index in [1.54, 1.807) is 13.2 Å². The second-order valence-electron chi connectivity index (χ2n) is 6.30. The third-order valence-electron chi connectivity index (χ3n) is 4.95. The maximum Gasteiger partial charge on any atom is 0.255 e. The molecule has 1 aromatic carbocycles. The molecule has 0 radical (unpaired) electrons. The van der Waals surface area contributed by atoms with E-state index in [1.165, 1.54) is 0 Å². The molecular formula is C18H23ClN2O3S. The molecule has 0 aliphatic carbocycles. The maximum absolute atomic E-state index is 13.1. The molecule has 7 heteroatoms. The van der Waals surface area contributed by atoms with Gasteiger partial charge in [-0.05, 0) is 31.0 Å². The standard InChI is InChI=1S/C18H23ClN2O3S/c1-24-15-4-2-3-14(13-15)17(23)21-11-12-25-18(21)6-9-20(10-7-18)16(22)5-8-19/h2-4,13H,5-12H2,1H3. The van der Waals surface area contributed by atoms with Gasteiger partial charge in [0.05, 0.1) is 12.0 Å². The average Bonchev–Trinajstić information content (AvgIpc) is 3.05. The zero-order valence-electron chi connectivity index (χ0n) is 14.4. The Morgan fingerprint density at radius 1 is 1.28 bits per heavy atom. The third-order valence-corrected chi connectivity index (χ3v) is 6.69. The Hall–Kier alpha value is -1.40. The highest BCUT2D eigenvalue weighted by molar-refractivity contribution is 8.00. The molecule has 2 aliphatic heterocycles. The number of likely N-dealkylation sites (tertiary alicyclic amines) is 1. The summed E-state index contributed by atoms with van der Waals surface area (Å²) in [5.41, 5.74) is 0.655. The number of benzene rings is 1. The van der Waals surface area contributed by atoms with Gasteiger partial charge >= 0.3 is 0 Å². The van der Waals surface area contributed by atoms with Crippen LogP contribution in [0.3, 0.4) is 0 Å². The lowest BCUT2D eigenvalue weighted by molar-refractivity contribution is -0.132. The lowest BCUT2D eigenvalue weighted by atomic mass is 10.0. The molecule has 2 heterocycles. The minimum atomic E-state index is -0.197. The summed E-state index contributed by atoms with van der Waals surface area (Å²) in [4.78, 5) is 28.8. The van der Waals surface area contributed by atoms with Crippen LogP contribution in [0.5, 0.6) is 5.75 Å². The number of hydrogen-bond acceptors (Lipinski definition) is 4. The number of hydrogen-bond donors (Lipinski definition) is 0. The van der Waals surface area contributed by atoms with E-state index in [4.69, 9.17) is 16.3 Å². The first kappa shape index (κ1) is 18.4. The molecule has 5 nitrogen and oxygen atoms in total. The Balaban J connectivity index is 1.72. The highest BCUT2D eigenvalue weighted by atomic mass is 35.5. The van der Waals surface area contributed by atoms with Gasteiger partial charge in [0.2, 0.25) is 5.91 Å². The number of carbonyl (C=O) groups is 2. The Kier molecular flexibility index (Phi) is 5.79. The van der Waals surface area contributed by atoms with Gasteiger partial charge in [-0.15, -0.1) is 23.4 Å². The smallest absolute Gasteiger partial charge is 0.255 e. The van der Waals surface area contributed by atoms with E-state index in [2.05, 4.69) is 0 Å². The first-order chi connectivity index (χ1) is 12.1. The van der Waals surface area contributed by atoms with Crippen LogP contribution in [-0.4, -0.2) is 64.9 Å². The number of carbonyl (C=O) groups excluding carboxylic acids is 2. The Labute approximate surface area is 157 Å². The SMILES string of the molecule is COc1cccc(C(=O)N2CCSC23CCN(C(=O)CCCl)CC3)c1. The molecule has 2 fully saturated rings. The molecule has 2 amide bonds. The summed E-state index contributed by atoms with van der Waals surface area (Å²) < 4.78 is 5.24. The highest BCUT2D eigenvalue weighted by Crippen LogP contribution is 2.44. The van der Waals surface area contributed by atoms with Crippen molar-refractivity contribution in [3.05, 3.63) is 29.8 Å². The van der Waals surface area contributed by atoms with E-state index < -0.39 is 0 Å². The lowest BCUT2D eigenvalue weighted by Crippen LogP contribution is -2.53. The first-order valence-corrected chi connectivity index (χ1v) is 10.1. The number of alkyl halides is 1. The van der Waals surface area contributed by atoms with E-state index >= 15 is 0 Å². The topological polar surface area (TPSA) is 49.9 Å². The molecular weight excluding hydrogens is 360 g/mol. The molecule has 0 aromatic heterocycles. The molecule has 0 atom stereocenters. The van der Waals surface area contributed by atoms with Crippen LogP contribution in [0.25, 0.3) is 0 Å². The van der Waals surface area contributed by atoms with E-state index in [1.807, 2.05) is 39.8 Å². The zero-order chi connectivity index (χ0) is 17.9. The maximum atomic E-state index is 13.1. The number of ether oxygens (including phenoxy) is 1. The number of piperidine rings is 1. The molecule has 0 N–H and O–H groups in total. The van der Waals surface area contributed by atoms with E-state index in [9.17, 15) is 9.59 Å². The molecule has 0 unspecified atom stereocenters. The fraction of sp³-hybridized carbons (Fsp3) is 0.556. The van der Waals surface area contributed by atoms with Gasteiger partial charge in [0.15, 0.2) is 0 Å². The van der Waals surface area contributed by atoms with Crippen molar-refractivity contribution in [1.29, 1.82) is 0 Å². The number of methoxy groups -OCH3 is 1. The van der Waals surface area contributed by atoms with Gasteiger partial charge in [0.1, 0.15) is 5.75 Å². The van der Waals surface area contributed by atoms with Crippen molar-refractivity contribution in [2.75, 3.05) is 38.4 Å². The Bertz CT molecular complexity index is 647. The molecule has 1 aromatic rings. The van der Waals surface area contributed by atoms with Crippen LogP contribution in [0.1, 0.15) is 29.6 Å². The molecule has 2 saturated heterocycles. The number of nitrogens with zero attached hydrogens (tertiary/aromatic N) is 2. The van der Waals surface area contributed by atoms with Crippen LogP contribution in [0.15, 0.2) is 24.3 Å². The normalized spacial score (nSPS) is 19.3. The van der Waals surface area contributed by atoms with Crippen LogP contribution >= 0.6 is 23.4 Å². The van der Waals surface area contributed by atoms with Crippen LogP contribution in [0, 0.1) is 0 Å². The Morgan fingerprint density at radius 3 is 2.72 bits per heavy atom. The summed E-state index contributed by atoms with van der Waals surface area (Å²) in [6, 6.07) is 7.31. The molecule has 1 spiro atoms. The van der Waals surface area contributed by atoms with Gasteiger partial charge in [-0.3, -0.25) is 9.59 Å². The van der Waals surface area contributed by atoms with Crippen molar-refractivity contribution in [3.63, 3.8) is 0 Å². The van der Waals surface area contributed by atoms with Gasteiger partial charge in [-0.1, -0.05) is 6.07 Å². The predicted molar refractivity (Wildman–Crippen MR) is 100 cm³/mol. The lowest BCUT2D eigenvalue weighted by Gasteiger charge is -2.44. The van der Waals surface area contributed by atoms with E-state index in [-0.39, 0.29) is 16.7 Å². The number of halogens is 1. The zero-order valence-corrected chi connectivity index (χ0v) is 15.9. The van der Waals surface area contributed by atoms with Gasteiger partial charge in [-0.2, -0.15) is 0 Å². The summed E-state index contributed by atoms with van der Waals surface area (Å²) >= 11 is 7.52. The van der Waals surface area contributed by atoms with E-state index in [0.29, 0.717) is 36.7 Å². The fourth-order valence-electron chi connectivity index (χ4n) is 3.57. The number of rotatable bonds is 4. The quantitative estimate of drug-likeness (QED) is 0.751. The Morgan fingerprint density at radius 2 is 2.04 bits per heavy atom. The van der Waals surface area contributed by atoms with Crippen LogP contribution < -0.4 is 4.74 Å².